The molecule has 0 bridgehead atoms. The summed E-state index contributed by atoms with van der Waals surface area (Å²) < 4.78 is 24.0. The summed E-state index contributed by atoms with van der Waals surface area (Å²) in [5, 5.41) is 11.6. The normalized spacial score (nSPS) is 20.9. The Balaban J connectivity index is 1.66. The second-order valence-corrected chi connectivity index (χ2v) is 7.42. The number of fused-ring (bicyclic) bond motifs is 1. The summed E-state index contributed by atoms with van der Waals surface area (Å²) >= 11 is 0. The maximum absolute atomic E-state index is 12.2. The summed E-state index contributed by atoms with van der Waals surface area (Å²) in [5.74, 6) is 0.408. The third kappa shape index (κ3) is 3.11. The van der Waals surface area contributed by atoms with Crippen LogP contribution in [0.1, 0.15) is 6.42 Å². The molecule has 1 aromatic carbocycles. The SMILES string of the molecule is O=c1c2ccccc2nnn1CCNC1CCS(=O)(=O)C1. The average molecular weight is 308 g/mol. The molecule has 8 heteroatoms. The molecule has 7 nitrogen and oxygen atoms in total. The highest BCUT2D eigenvalue weighted by atomic mass is 32.2. The van der Waals surface area contributed by atoms with Crippen molar-refractivity contribution in [3.05, 3.63) is 34.6 Å². The molecule has 1 saturated heterocycles. The zero-order valence-corrected chi connectivity index (χ0v) is 12.2. The number of nitrogens with one attached hydrogen (secondary N) is 1. The zero-order valence-electron chi connectivity index (χ0n) is 11.4. The predicted octanol–water partition coefficient (Wildman–Crippen LogP) is -0.432. The molecule has 2 heterocycles. The molecule has 1 aliphatic heterocycles. The Hall–Kier alpha value is -1.80. The maximum atomic E-state index is 12.2. The molecule has 112 valence electrons. The lowest BCUT2D eigenvalue weighted by molar-refractivity contribution is 0.476. The third-order valence-electron chi connectivity index (χ3n) is 3.62. The monoisotopic (exact) mass is 308 g/mol. The maximum Gasteiger partial charge on any atom is 0.277 e. The molecule has 0 spiro atoms. The topological polar surface area (TPSA) is 93.9 Å². The first-order valence-corrected chi connectivity index (χ1v) is 8.64. The van der Waals surface area contributed by atoms with Crippen LogP contribution >= 0.6 is 0 Å². The lowest BCUT2D eigenvalue weighted by Gasteiger charge is -2.10. The first kappa shape index (κ1) is 14.2. The van der Waals surface area contributed by atoms with Crippen molar-refractivity contribution < 1.29 is 8.42 Å². The van der Waals surface area contributed by atoms with Crippen molar-refractivity contribution in [2.75, 3.05) is 18.1 Å². The van der Waals surface area contributed by atoms with Gasteiger partial charge >= 0.3 is 0 Å². The quantitative estimate of drug-likeness (QED) is 0.823. The van der Waals surface area contributed by atoms with Crippen LogP contribution in [0, 0.1) is 0 Å². The molecule has 0 aliphatic carbocycles. The van der Waals surface area contributed by atoms with Crippen LogP contribution in [-0.2, 0) is 16.4 Å². The summed E-state index contributed by atoms with van der Waals surface area (Å²) in [4.78, 5) is 12.2. The minimum Gasteiger partial charge on any atom is -0.311 e. The van der Waals surface area contributed by atoms with E-state index in [4.69, 9.17) is 0 Å². The molecule has 3 rings (SSSR count). The number of rotatable bonds is 4. The molecule has 2 aromatic rings. The van der Waals surface area contributed by atoms with Crippen LogP contribution in [0.25, 0.3) is 10.9 Å². The van der Waals surface area contributed by atoms with Crippen LogP contribution in [0.3, 0.4) is 0 Å². The Labute approximate surface area is 121 Å². The van der Waals surface area contributed by atoms with Gasteiger partial charge in [0, 0.05) is 12.6 Å². The van der Waals surface area contributed by atoms with E-state index in [9.17, 15) is 13.2 Å². The van der Waals surface area contributed by atoms with Gasteiger partial charge in [0.2, 0.25) is 0 Å². The Morgan fingerprint density at radius 2 is 2.14 bits per heavy atom. The Morgan fingerprint density at radius 1 is 1.33 bits per heavy atom. The van der Waals surface area contributed by atoms with Crippen molar-refractivity contribution in [2.24, 2.45) is 0 Å². The number of aromatic nitrogens is 3. The fraction of sp³-hybridized carbons (Fsp3) is 0.462. The van der Waals surface area contributed by atoms with E-state index in [1.807, 2.05) is 6.07 Å². The Bertz CT molecular complexity index is 816. The smallest absolute Gasteiger partial charge is 0.277 e. The van der Waals surface area contributed by atoms with E-state index in [0.29, 0.717) is 30.4 Å². The van der Waals surface area contributed by atoms with Gasteiger partial charge in [0.25, 0.3) is 5.56 Å². The number of hydrogen-bond donors (Lipinski definition) is 1. The molecule has 1 fully saturated rings. The van der Waals surface area contributed by atoms with Gasteiger partial charge in [0.1, 0.15) is 5.52 Å². The molecule has 0 radical (unpaired) electrons. The van der Waals surface area contributed by atoms with Crippen molar-refractivity contribution >= 4 is 20.7 Å². The second kappa shape index (κ2) is 5.53. The summed E-state index contributed by atoms with van der Waals surface area (Å²) in [6.07, 6.45) is 0.626. The van der Waals surface area contributed by atoms with Crippen molar-refractivity contribution in [3.8, 4) is 0 Å². The van der Waals surface area contributed by atoms with Gasteiger partial charge in [-0.3, -0.25) is 4.79 Å². The first-order valence-electron chi connectivity index (χ1n) is 6.81. The van der Waals surface area contributed by atoms with Gasteiger partial charge in [-0.15, -0.1) is 5.10 Å². The second-order valence-electron chi connectivity index (χ2n) is 5.19. The number of hydrogen-bond acceptors (Lipinski definition) is 6. The van der Waals surface area contributed by atoms with Crippen LogP contribution in [0.4, 0.5) is 0 Å². The molecule has 0 amide bonds. The van der Waals surface area contributed by atoms with Crippen molar-refractivity contribution in [1.82, 2.24) is 20.3 Å². The summed E-state index contributed by atoms with van der Waals surface area (Å²) in [7, 11) is -2.89. The molecular formula is C13H16N4O3S. The van der Waals surface area contributed by atoms with E-state index in [0.717, 1.165) is 0 Å². The van der Waals surface area contributed by atoms with Crippen molar-refractivity contribution in [1.29, 1.82) is 0 Å². The standard InChI is InChI=1S/C13H16N4O3S/c18-13-11-3-1-2-4-12(11)15-16-17(13)7-6-14-10-5-8-21(19,20)9-10/h1-4,10,14H,5-9H2. The molecule has 21 heavy (non-hydrogen) atoms. The predicted molar refractivity (Wildman–Crippen MR) is 78.9 cm³/mol. The van der Waals surface area contributed by atoms with Gasteiger partial charge in [-0.25, -0.2) is 13.1 Å². The Kier molecular flexibility index (Phi) is 3.73. The first-order chi connectivity index (χ1) is 10.1. The summed E-state index contributed by atoms with van der Waals surface area (Å²) in [6.45, 7) is 0.861. The highest BCUT2D eigenvalue weighted by Gasteiger charge is 2.27. The number of nitrogens with zero attached hydrogens (tertiary/aromatic N) is 3. The molecule has 0 saturated carbocycles. The lowest BCUT2D eigenvalue weighted by Crippen LogP contribution is -2.35. The van der Waals surface area contributed by atoms with Crippen LogP contribution in [-0.4, -0.2) is 47.5 Å². The van der Waals surface area contributed by atoms with Crippen molar-refractivity contribution in [3.63, 3.8) is 0 Å². The van der Waals surface area contributed by atoms with Gasteiger partial charge in [-0.05, 0) is 18.6 Å². The summed E-state index contributed by atoms with van der Waals surface area (Å²) in [6, 6.07) is 7.04. The van der Waals surface area contributed by atoms with E-state index in [-0.39, 0.29) is 23.1 Å². The minimum atomic E-state index is -2.89. The van der Waals surface area contributed by atoms with E-state index in [2.05, 4.69) is 15.6 Å². The molecule has 1 atom stereocenters. The lowest BCUT2D eigenvalue weighted by atomic mass is 10.2. The fourth-order valence-electron chi connectivity index (χ4n) is 2.50. The average Bonchev–Trinajstić information content (AvgIpc) is 2.81. The highest BCUT2D eigenvalue weighted by Crippen LogP contribution is 2.10. The number of benzene rings is 1. The van der Waals surface area contributed by atoms with Crippen LogP contribution in [0.5, 0.6) is 0 Å². The fourth-order valence-corrected chi connectivity index (χ4v) is 4.21. The summed E-state index contributed by atoms with van der Waals surface area (Å²) in [5.41, 5.74) is 0.398. The molecule has 1 unspecified atom stereocenters. The number of sulfone groups is 1. The van der Waals surface area contributed by atoms with Crippen LogP contribution in [0.15, 0.2) is 29.1 Å². The van der Waals surface area contributed by atoms with Crippen LogP contribution in [0.2, 0.25) is 0 Å². The van der Waals surface area contributed by atoms with E-state index in [1.165, 1.54) is 4.68 Å². The molecular weight excluding hydrogens is 292 g/mol. The largest absolute Gasteiger partial charge is 0.311 e. The van der Waals surface area contributed by atoms with E-state index >= 15 is 0 Å². The third-order valence-corrected chi connectivity index (χ3v) is 5.39. The van der Waals surface area contributed by atoms with Gasteiger partial charge < -0.3 is 5.32 Å². The van der Waals surface area contributed by atoms with Gasteiger partial charge in [-0.2, -0.15) is 0 Å². The Morgan fingerprint density at radius 3 is 2.90 bits per heavy atom. The molecule has 1 N–H and O–H groups in total. The zero-order chi connectivity index (χ0) is 14.9. The van der Waals surface area contributed by atoms with E-state index < -0.39 is 9.84 Å². The van der Waals surface area contributed by atoms with Crippen molar-refractivity contribution in [2.45, 2.75) is 19.0 Å². The van der Waals surface area contributed by atoms with Gasteiger partial charge in [-0.1, -0.05) is 17.3 Å². The molecule has 1 aromatic heterocycles. The van der Waals surface area contributed by atoms with Gasteiger partial charge in [0.05, 0.1) is 23.4 Å². The van der Waals surface area contributed by atoms with Gasteiger partial charge in [0.15, 0.2) is 9.84 Å². The van der Waals surface area contributed by atoms with Crippen LogP contribution < -0.4 is 10.9 Å². The van der Waals surface area contributed by atoms with E-state index in [1.54, 1.807) is 18.2 Å². The highest BCUT2D eigenvalue weighted by molar-refractivity contribution is 7.91. The minimum absolute atomic E-state index is 0.0286. The molecule has 1 aliphatic rings.